The predicted octanol–water partition coefficient (Wildman–Crippen LogP) is 5.58. The molecule has 0 radical (unpaired) electrons. The first-order chi connectivity index (χ1) is 11.8. The Balaban J connectivity index is 1.66. The fourth-order valence-corrected chi connectivity index (χ4v) is 3.09. The second-order valence-electron chi connectivity index (χ2n) is 5.14. The van der Waals surface area contributed by atoms with Gasteiger partial charge in [-0.25, -0.2) is 0 Å². The largest absolute Gasteiger partial charge is 0.416 e. The van der Waals surface area contributed by atoms with E-state index in [2.05, 4.69) is 10.6 Å². The smallest absolute Gasteiger partial charge is 0.362 e. The molecule has 2 aromatic rings. The maximum atomic E-state index is 12.5. The molecule has 2 aromatic carbocycles. The van der Waals surface area contributed by atoms with Gasteiger partial charge in [-0.1, -0.05) is 23.7 Å². The summed E-state index contributed by atoms with van der Waals surface area (Å²) >= 11 is 12.7. The van der Waals surface area contributed by atoms with Gasteiger partial charge in [0.15, 0.2) is 5.11 Å². The topological polar surface area (TPSA) is 24.1 Å². The van der Waals surface area contributed by atoms with Gasteiger partial charge in [0, 0.05) is 28.8 Å². The number of hydrogen-bond donors (Lipinski definition) is 2. The van der Waals surface area contributed by atoms with Gasteiger partial charge in [0.2, 0.25) is 0 Å². The minimum absolute atomic E-state index is 0.381. The van der Waals surface area contributed by atoms with E-state index < -0.39 is 11.7 Å². The summed E-state index contributed by atoms with van der Waals surface area (Å²) in [4.78, 5) is 0. The molecule has 0 saturated heterocycles. The van der Waals surface area contributed by atoms with Crippen LogP contribution in [0.2, 0.25) is 5.02 Å². The zero-order chi connectivity index (χ0) is 18.3. The van der Waals surface area contributed by atoms with Crippen LogP contribution in [0.25, 0.3) is 0 Å². The van der Waals surface area contributed by atoms with E-state index in [0.717, 1.165) is 28.7 Å². The number of hydrogen-bond acceptors (Lipinski definition) is 2. The number of nitrogens with one attached hydrogen (secondary N) is 2. The van der Waals surface area contributed by atoms with Gasteiger partial charge in [0.05, 0.1) is 5.56 Å². The predicted molar refractivity (Wildman–Crippen MR) is 103 cm³/mol. The molecule has 0 unspecified atom stereocenters. The van der Waals surface area contributed by atoms with Crippen LogP contribution in [0.3, 0.4) is 0 Å². The lowest BCUT2D eigenvalue weighted by Gasteiger charge is -2.12. The number of rotatable bonds is 6. The lowest BCUT2D eigenvalue weighted by molar-refractivity contribution is -0.137. The van der Waals surface area contributed by atoms with Gasteiger partial charge in [-0.05, 0) is 54.2 Å². The van der Waals surface area contributed by atoms with Crippen molar-refractivity contribution in [3.05, 3.63) is 64.7 Å². The summed E-state index contributed by atoms with van der Waals surface area (Å²) in [5, 5.41) is 6.99. The highest BCUT2D eigenvalue weighted by Crippen LogP contribution is 2.29. The normalized spacial score (nSPS) is 11.2. The molecule has 0 aliphatic rings. The Morgan fingerprint density at radius 2 is 1.68 bits per heavy atom. The van der Waals surface area contributed by atoms with Crippen molar-refractivity contribution in [1.82, 2.24) is 5.32 Å². The molecule has 0 heterocycles. The van der Waals surface area contributed by atoms with Crippen molar-refractivity contribution < 1.29 is 13.2 Å². The molecule has 0 saturated carbocycles. The molecule has 8 heteroatoms. The first kappa shape index (κ1) is 19.9. The van der Waals surface area contributed by atoms with Crippen LogP contribution in [0, 0.1) is 0 Å². The molecule has 0 bridgehead atoms. The number of halogens is 4. The molecule has 2 N–H and O–H groups in total. The maximum Gasteiger partial charge on any atom is 0.416 e. The van der Waals surface area contributed by atoms with Gasteiger partial charge in [-0.3, -0.25) is 0 Å². The average molecular weight is 405 g/mol. The zero-order valence-corrected chi connectivity index (χ0v) is 15.5. The quantitative estimate of drug-likeness (QED) is 0.485. The molecule has 0 aromatic heterocycles. The summed E-state index contributed by atoms with van der Waals surface area (Å²) in [5.74, 6) is 1.72. The molecule has 0 spiro atoms. The third-order valence-electron chi connectivity index (χ3n) is 3.18. The van der Waals surface area contributed by atoms with Crippen molar-refractivity contribution >= 4 is 46.4 Å². The Morgan fingerprint density at radius 3 is 2.28 bits per heavy atom. The average Bonchev–Trinajstić information content (AvgIpc) is 2.56. The van der Waals surface area contributed by atoms with E-state index in [4.69, 9.17) is 23.8 Å². The standard InChI is InChI=1S/C17H16ClF3N2S2/c18-14-5-1-12(2-6-14)11-25-10-9-22-16(24)23-15-7-3-13(4-8-15)17(19,20)21/h1-8H,9-11H2,(H2,22,23,24). The van der Waals surface area contributed by atoms with Crippen LogP contribution in [-0.2, 0) is 11.9 Å². The highest BCUT2D eigenvalue weighted by atomic mass is 35.5. The van der Waals surface area contributed by atoms with E-state index in [1.165, 1.54) is 17.7 Å². The van der Waals surface area contributed by atoms with Crippen molar-refractivity contribution in [2.24, 2.45) is 0 Å². The first-order valence-electron chi connectivity index (χ1n) is 7.39. The monoisotopic (exact) mass is 404 g/mol. The van der Waals surface area contributed by atoms with E-state index in [1.54, 1.807) is 11.8 Å². The highest BCUT2D eigenvalue weighted by Gasteiger charge is 2.29. The highest BCUT2D eigenvalue weighted by molar-refractivity contribution is 7.98. The summed E-state index contributed by atoms with van der Waals surface area (Å²) in [7, 11) is 0. The molecular formula is C17H16ClF3N2S2. The minimum Gasteiger partial charge on any atom is -0.362 e. The SMILES string of the molecule is FC(F)(F)c1ccc(NC(=S)NCCSCc2ccc(Cl)cc2)cc1. The number of thioether (sulfide) groups is 1. The van der Waals surface area contributed by atoms with Crippen LogP contribution < -0.4 is 10.6 Å². The third-order valence-corrected chi connectivity index (χ3v) is 4.71. The fourth-order valence-electron chi connectivity index (χ4n) is 1.93. The Bertz CT molecular complexity index is 689. The lowest BCUT2D eigenvalue weighted by Crippen LogP contribution is -2.30. The number of anilines is 1. The molecule has 0 aliphatic heterocycles. The summed E-state index contributed by atoms with van der Waals surface area (Å²) in [6.45, 7) is 0.657. The summed E-state index contributed by atoms with van der Waals surface area (Å²) < 4.78 is 37.5. The molecule has 0 aliphatic carbocycles. The second-order valence-corrected chi connectivity index (χ2v) is 7.08. The van der Waals surface area contributed by atoms with Gasteiger partial charge in [0.25, 0.3) is 0 Å². The Kier molecular flexibility index (Phi) is 7.40. The molecule has 0 amide bonds. The molecular weight excluding hydrogens is 389 g/mol. The van der Waals surface area contributed by atoms with Crippen molar-refractivity contribution in [3.8, 4) is 0 Å². The second kappa shape index (κ2) is 9.31. The van der Waals surface area contributed by atoms with E-state index in [-0.39, 0.29) is 0 Å². The summed E-state index contributed by atoms with van der Waals surface area (Å²) in [6, 6.07) is 12.4. The minimum atomic E-state index is -4.33. The van der Waals surface area contributed by atoms with E-state index in [9.17, 15) is 13.2 Å². The van der Waals surface area contributed by atoms with Crippen molar-refractivity contribution in [2.75, 3.05) is 17.6 Å². The Hall–Kier alpha value is -1.44. The third kappa shape index (κ3) is 7.13. The first-order valence-corrected chi connectivity index (χ1v) is 9.33. The van der Waals surface area contributed by atoms with E-state index in [0.29, 0.717) is 17.3 Å². The molecule has 2 rings (SSSR count). The van der Waals surface area contributed by atoms with Crippen molar-refractivity contribution in [2.45, 2.75) is 11.9 Å². The number of benzene rings is 2. The molecule has 2 nitrogen and oxygen atoms in total. The molecule has 25 heavy (non-hydrogen) atoms. The van der Waals surface area contributed by atoms with E-state index >= 15 is 0 Å². The summed E-state index contributed by atoms with van der Waals surface area (Å²) in [6.07, 6.45) is -4.33. The van der Waals surface area contributed by atoms with Crippen LogP contribution in [0.15, 0.2) is 48.5 Å². The van der Waals surface area contributed by atoms with Crippen LogP contribution in [-0.4, -0.2) is 17.4 Å². The maximum absolute atomic E-state index is 12.5. The van der Waals surface area contributed by atoms with Gasteiger partial charge >= 0.3 is 6.18 Å². The van der Waals surface area contributed by atoms with Gasteiger partial charge in [-0.2, -0.15) is 24.9 Å². The van der Waals surface area contributed by atoms with Gasteiger partial charge < -0.3 is 10.6 Å². The molecule has 0 atom stereocenters. The Morgan fingerprint density at radius 1 is 1.04 bits per heavy atom. The van der Waals surface area contributed by atoms with Crippen LogP contribution >= 0.6 is 35.6 Å². The van der Waals surface area contributed by atoms with Gasteiger partial charge in [0.1, 0.15) is 0 Å². The van der Waals surface area contributed by atoms with Gasteiger partial charge in [-0.15, -0.1) is 0 Å². The van der Waals surface area contributed by atoms with E-state index in [1.807, 2.05) is 24.3 Å². The van der Waals surface area contributed by atoms with Crippen molar-refractivity contribution in [1.29, 1.82) is 0 Å². The lowest BCUT2D eigenvalue weighted by atomic mass is 10.2. The number of alkyl halides is 3. The zero-order valence-electron chi connectivity index (χ0n) is 13.1. The van der Waals surface area contributed by atoms with Crippen LogP contribution in [0.4, 0.5) is 18.9 Å². The van der Waals surface area contributed by atoms with Crippen LogP contribution in [0.5, 0.6) is 0 Å². The Labute approximate surface area is 159 Å². The molecule has 134 valence electrons. The fraction of sp³-hybridized carbons (Fsp3) is 0.235. The van der Waals surface area contributed by atoms with Crippen molar-refractivity contribution in [3.63, 3.8) is 0 Å². The van der Waals surface area contributed by atoms with Crippen LogP contribution in [0.1, 0.15) is 11.1 Å². The molecule has 0 fully saturated rings. The number of thiocarbonyl (C=S) groups is 1. The summed E-state index contributed by atoms with van der Waals surface area (Å²) in [5.41, 5.74) is 1.02.